The van der Waals surface area contributed by atoms with Crippen molar-refractivity contribution in [2.24, 2.45) is 0 Å². The van der Waals surface area contributed by atoms with Crippen molar-refractivity contribution in [3.05, 3.63) is 35.4 Å². The van der Waals surface area contributed by atoms with E-state index in [-0.39, 0.29) is 18.0 Å². The van der Waals surface area contributed by atoms with Crippen molar-refractivity contribution >= 4 is 5.91 Å². The highest BCUT2D eigenvalue weighted by Gasteiger charge is 2.30. The molecule has 0 aliphatic rings. The number of carbonyl (C=O) groups is 1. The predicted molar refractivity (Wildman–Crippen MR) is 75.8 cm³/mol. The summed E-state index contributed by atoms with van der Waals surface area (Å²) in [5, 5.41) is 5.70. The Morgan fingerprint density at radius 1 is 1.24 bits per heavy atom. The van der Waals surface area contributed by atoms with Crippen LogP contribution in [0.4, 0.5) is 13.2 Å². The third-order valence-electron chi connectivity index (χ3n) is 2.87. The Labute approximate surface area is 122 Å². The van der Waals surface area contributed by atoms with E-state index in [1.807, 2.05) is 20.8 Å². The Balaban J connectivity index is 2.68. The predicted octanol–water partition coefficient (Wildman–Crippen LogP) is 3.27. The van der Waals surface area contributed by atoms with Gasteiger partial charge in [0.15, 0.2) is 0 Å². The van der Waals surface area contributed by atoms with Crippen LogP contribution in [0.1, 0.15) is 44.9 Å². The zero-order chi connectivity index (χ0) is 16.3. The van der Waals surface area contributed by atoms with E-state index in [1.54, 1.807) is 13.0 Å². The van der Waals surface area contributed by atoms with Crippen molar-refractivity contribution in [1.82, 2.24) is 10.6 Å². The molecule has 21 heavy (non-hydrogen) atoms. The van der Waals surface area contributed by atoms with Gasteiger partial charge in [0.05, 0.1) is 18.2 Å². The third kappa shape index (κ3) is 6.16. The minimum atomic E-state index is -4.38. The first kappa shape index (κ1) is 17.5. The van der Waals surface area contributed by atoms with Gasteiger partial charge in [-0.25, -0.2) is 0 Å². The molecule has 1 unspecified atom stereocenters. The number of benzene rings is 1. The van der Waals surface area contributed by atoms with Crippen LogP contribution in [0, 0.1) is 0 Å². The van der Waals surface area contributed by atoms with Crippen molar-refractivity contribution in [2.75, 3.05) is 6.54 Å². The van der Waals surface area contributed by atoms with Gasteiger partial charge in [-0.05, 0) is 45.4 Å². The minimum absolute atomic E-state index is 0.118. The van der Waals surface area contributed by atoms with E-state index >= 15 is 0 Å². The average Bonchev–Trinajstić information content (AvgIpc) is 2.34. The number of rotatable bonds is 4. The van der Waals surface area contributed by atoms with E-state index in [4.69, 9.17) is 0 Å². The molecule has 0 radical (unpaired) electrons. The average molecular weight is 302 g/mol. The van der Waals surface area contributed by atoms with Gasteiger partial charge in [0.1, 0.15) is 0 Å². The summed E-state index contributed by atoms with van der Waals surface area (Å²) in [6.45, 7) is 7.56. The minimum Gasteiger partial charge on any atom is -0.348 e. The monoisotopic (exact) mass is 302 g/mol. The second-order valence-corrected chi connectivity index (χ2v) is 6.02. The molecule has 0 aliphatic heterocycles. The summed E-state index contributed by atoms with van der Waals surface area (Å²) in [4.78, 5) is 11.8. The van der Waals surface area contributed by atoms with Gasteiger partial charge in [-0.15, -0.1) is 0 Å². The van der Waals surface area contributed by atoms with Crippen LogP contribution in [0.5, 0.6) is 0 Å². The maximum absolute atomic E-state index is 12.6. The zero-order valence-electron chi connectivity index (χ0n) is 12.6. The molecule has 0 heterocycles. The van der Waals surface area contributed by atoms with E-state index in [0.29, 0.717) is 5.56 Å². The number of amides is 1. The first-order valence-corrected chi connectivity index (χ1v) is 6.70. The smallest absolute Gasteiger partial charge is 0.348 e. The normalized spacial score (nSPS) is 13.9. The van der Waals surface area contributed by atoms with Crippen LogP contribution in [-0.4, -0.2) is 18.0 Å². The number of hydrogen-bond acceptors (Lipinski definition) is 2. The van der Waals surface area contributed by atoms with E-state index in [1.165, 1.54) is 6.07 Å². The van der Waals surface area contributed by atoms with E-state index in [9.17, 15) is 18.0 Å². The highest BCUT2D eigenvalue weighted by atomic mass is 19.4. The number of halogens is 3. The van der Waals surface area contributed by atoms with Crippen LogP contribution in [0.2, 0.25) is 0 Å². The van der Waals surface area contributed by atoms with Crippen LogP contribution < -0.4 is 10.6 Å². The largest absolute Gasteiger partial charge is 0.416 e. The molecule has 1 aromatic carbocycles. The Kier molecular flexibility index (Phi) is 5.39. The highest BCUT2D eigenvalue weighted by molar-refractivity contribution is 5.78. The summed E-state index contributed by atoms with van der Waals surface area (Å²) in [5.74, 6) is -0.255. The van der Waals surface area contributed by atoms with Crippen LogP contribution in [0.25, 0.3) is 0 Å². The summed E-state index contributed by atoms with van der Waals surface area (Å²) in [5.41, 5.74) is -0.487. The molecule has 0 bridgehead atoms. The Hall–Kier alpha value is -1.56. The molecule has 0 saturated carbocycles. The zero-order valence-corrected chi connectivity index (χ0v) is 12.6. The van der Waals surface area contributed by atoms with Gasteiger partial charge in [0, 0.05) is 5.54 Å². The Morgan fingerprint density at radius 2 is 1.86 bits per heavy atom. The lowest BCUT2D eigenvalue weighted by molar-refractivity contribution is -0.137. The van der Waals surface area contributed by atoms with Gasteiger partial charge < -0.3 is 10.6 Å². The van der Waals surface area contributed by atoms with Gasteiger partial charge in [0.2, 0.25) is 5.91 Å². The Bertz CT molecular complexity index is 492. The molecule has 1 atom stereocenters. The lowest BCUT2D eigenvalue weighted by Crippen LogP contribution is -2.43. The van der Waals surface area contributed by atoms with E-state index < -0.39 is 17.8 Å². The molecular weight excluding hydrogens is 281 g/mol. The fourth-order valence-electron chi connectivity index (χ4n) is 1.71. The maximum atomic E-state index is 12.6. The quantitative estimate of drug-likeness (QED) is 0.896. The second-order valence-electron chi connectivity index (χ2n) is 6.02. The molecule has 1 amide bonds. The third-order valence-corrected chi connectivity index (χ3v) is 2.87. The standard InChI is InChI=1S/C15H21F3N2O/c1-10(20-13(21)9-19-14(2,3)4)11-6-5-7-12(8-11)15(16,17)18/h5-8,10,19H,9H2,1-4H3,(H,20,21). The van der Waals surface area contributed by atoms with Crippen molar-refractivity contribution < 1.29 is 18.0 Å². The van der Waals surface area contributed by atoms with Crippen molar-refractivity contribution in [3.63, 3.8) is 0 Å². The number of alkyl halides is 3. The molecule has 0 aliphatic carbocycles. The number of nitrogens with one attached hydrogen (secondary N) is 2. The highest BCUT2D eigenvalue weighted by Crippen LogP contribution is 2.30. The molecule has 0 fully saturated rings. The van der Waals surface area contributed by atoms with Crippen molar-refractivity contribution in [2.45, 2.75) is 45.5 Å². The number of hydrogen-bond donors (Lipinski definition) is 2. The lowest BCUT2D eigenvalue weighted by Gasteiger charge is -2.21. The summed E-state index contributed by atoms with van der Waals surface area (Å²) >= 11 is 0. The molecule has 118 valence electrons. The lowest BCUT2D eigenvalue weighted by atomic mass is 10.0. The molecular formula is C15H21F3N2O. The van der Waals surface area contributed by atoms with Gasteiger partial charge in [-0.3, -0.25) is 4.79 Å². The molecule has 3 nitrogen and oxygen atoms in total. The van der Waals surface area contributed by atoms with Crippen molar-refractivity contribution in [3.8, 4) is 0 Å². The maximum Gasteiger partial charge on any atom is 0.416 e. The molecule has 1 aromatic rings. The van der Waals surface area contributed by atoms with Crippen LogP contribution in [0.15, 0.2) is 24.3 Å². The second kappa shape index (κ2) is 6.47. The topological polar surface area (TPSA) is 41.1 Å². The van der Waals surface area contributed by atoms with Crippen LogP contribution in [0.3, 0.4) is 0 Å². The first-order valence-electron chi connectivity index (χ1n) is 6.70. The summed E-state index contributed by atoms with van der Waals surface area (Å²) < 4.78 is 37.9. The van der Waals surface area contributed by atoms with Crippen molar-refractivity contribution in [1.29, 1.82) is 0 Å². The molecule has 0 saturated heterocycles. The van der Waals surface area contributed by atoms with E-state index in [0.717, 1.165) is 12.1 Å². The molecule has 6 heteroatoms. The van der Waals surface area contributed by atoms with E-state index in [2.05, 4.69) is 10.6 Å². The summed E-state index contributed by atoms with van der Waals surface area (Å²) in [7, 11) is 0. The van der Waals surface area contributed by atoms with Crippen LogP contribution in [-0.2, 0) is 11.0 Å². The molecule has 0 spiro atoms. The van der Waals surface area contributed by atoms with Gasteiger partial charge >= 0.3 is 6.18 Å². The SMILES string of the molecule is CC(NC(=O)CNC(C)(C)C)c1cccc(C(F)(F)F)c1. The fraction of sp³-hybridized carbons (Fsp3) is 0.533. The summed E-state index contributed by atoms with van der Waals surface area (Å²) in [6.07, 6.45) is -4.38. The van der Waals surface area contributed by atoms with Gasteiger partial charge in [-0.2, -0.15) is 13.2 Å². The summed E-state index contributed by atoms with van der Waals surface area (Å²) in [6, 6.07) is 4.49. The molecule has 0 aromatic heterocycles. The molecule has 1 rings (SSSR count). The Morgan fingerprint density at radius 3 is 2.38 bits per heavy atom. The first-order chi connectivity index (χ1) is 9.49. The number of carbonyl (C=O) groups excluding carboxylic acids is 1. The van der Waals surface area contributed by atoms with Crippen LogP contribution >= 0.6 is 0 Å². The van der Waals surface area contributed by atoms with Gasteiger partial charge in [-0.1, -0.05) is 12.1 Å². The fourth-order valence-corrected chi connectivity index (χ4v) is 1.71. The van der Waals surface area contributed by atoms with Gasteiger partial charge in [0.25, 0.3) is 0 Å². The molecule has 2 N–H and O–H groups in total.